The van der Waals surface area contributed by atoms with E-state index in [0.29, 0.717) is 42.2 Å². The van der Waals surface area contributed by atoms with Gasteiger partial charge in [-0.25, -0.2) is 23.3 Å². The maximum absolute atomic E-state index is 13.1. The molecule has 1 saturated heterocycles. The van der Waals surface area contributed by atoms with Crippen molar-refractivity contribution in [3.63, 3.8) is 0 Å². The first-order valence-corrected chi connectivity index (χ1v) is 24.1. The number of carbonyl (C=O) groups excluding carboxylic acids is 2. The molecule has 0 bridgehead atoms. The van der Waals surface area contributed by atoms with Crippen LogP contribution in [0.1, 0.15) is 64.6 Å². The second-order valence-corrected chi connectivity index (χ2v) is 19.1. The number of aromatic amines is 1. The van der Waals surface area contributed by atoms with Gasteiger partial charge in [-0.2, -0.15) is 8.62 Å². The monoisotopic (exact) mass is 982 g/mol. The molecule has 2 unspecified atom stereocenters. The standard InChI is InChI=1S/C38H41N4O21P3/c43-22-6-9-25-29(15-22)60-30-16-23(44)7-10-26(30)34(25)24-8-5-20(13-27(24)37(49)50)35(47)40-12-4-2-1-3-11-39-32(46)14-21-18-42(38(51)41-36(21)48)33-17-28(45)31(61-33)19-59-65(55,56)63-66(57,58)62-64(52,53)54/h5-10,13,15-16,18,28,31,33,43,45H,1-4,11-12,14,17,19H2,(H,39,46)(H,40,47)(H,49,50)(H,55,56)(H,57,58)(H,41,48,51)(H2,52,53,54)/t28-,31+,33+/m0/s1. The third kappa shape index (κ3) is 12.8. The van der Waals surface area contributed by atoms with E-state index < -0.39 is 84.0 Å². The summed E-state index contributed by atoms with van der Waals surface area (Å²) in [6.07, 6.45) is -1.73. The van der Waals surface area contributed by atoms with Crippen LogP contribution < -0.4 is 27.3 Å². The first kappa shape index (κ1) is 49.8. The highest BCUT2D eigenvalue weighted by molar-refractivity contribution is 7.66. The highest BCUT2D eigenvalue weighted by Crippen LogP contribution is 2.66. The summed E-state index contributed by atoms with van der Waals surface area (Å²) in [6, 6.07) is 12.6. The van der Waals surface area contributed by atoms with E-state index in [0.717, 1.165) is 10.8 Å². The number of hydrogen-bond acceptors (Lipinski definition) is 16. The molecule has 0 saturated carbocycles. The molecule has 66 heavy (non-hydrogen) atoms. The predicted octanol–water partition coefficient (Wildman–Crippen LogP) is 2.46. The summed E-state index contributed by atoms with van der Waals surface area (Å²) in [6.45, 7) is -0.541. The fraction of sp³-hybridized carbons (Fsp3) is 0.316. The van der Waals surface area contributed by atoms with Crippen LogP contribution in [0.5, 0.6) is 5.75 Å². The largest absolute Gasteiger partial charge is 0.508 e. The SMILES string of the molecule is O=C(Cc1cn([C@H]2C[C@H](O)[C@@H](COP(=O)(O)OP(=O)(O)OP(=O)(O)O)O2)c(=O)[nH]c1=O)NCCCCCCNC(=O)c1ccc(-c2c3ccc(=O)cc-3oc3cc(O)ccc23)c(C(=O)O)c1. The minimum Gasteiger partial charge on any atom is -0.508 e. The number of hydrogen-bond donors (Lipinski definition) is 10. The van der Waals surface area contributed by atoms with Gasteiger partial charge in [0.2, 0.25) is 5.91 Å². The lowest BCUT2D eigenvalue weighted by Gasteiger charge is -2.19. The summed E-state index contributed by atoms with van der Waals surface area (Å²) < 4.78 is 58.3. The van der Waals surface area contributed by atoms with E-state index in [1.165, 1.54) is 48.5 Å². The lowest BCUT2D eigenvalue weighted by atomic mass is 9.90. The van der Waals surface area contributed by atoms with Gasteiger partial charge in [-0.15, -0.1) is 0 Å². The van der Waals surface area contributed by atoms with E-state index in [9.17, 15) is 67.6 Å². The Kier molecular flexibility index (Phi) is 15.4. The van der Waals surface area contributed by atoms with Gasteiger partial charge < -0.3 is 54.7 Å². The number of phenolic OH excluding ortho intramolecular Hbond substituents is 1. The number of amides is 2. The van der Waals surface area contributed by atoms with Gasteiger partial charge in [0.05, 0.1) is 24.7 Å². The molecule has 0 spiro atoms. The molecule has 2 amide bonds. The molecule has 0 radical (unpaired) electrons. The van der Waals surface area contributed by atoms with Gasteiger partial charge in [-0.3, -0.25) is 33.3 Å². The Labute approximate surface area is 370 Å². The molecule has 28 heteroatoms. The van der Waals surface area contributed by atoms with Gasteiger partial charge in [0, 0.05) is 65.5 Å². The van der Waals surface area contributed by atoms with Crippen LogP contribution in [0.15, 0.2) is 79.6 Å². The lowest BCUT2D eigenvalue weighted by molar-refractivity contribution is -0.120. The topological polar surface area (TPSA) is 390 Å². The highest BCUT2D eigenvalue weighted by atomic mass is 31.3. The number of H-pyrrole nitrogens is 1. The van der Waals surface area contributed by atoms with Crippen molar-refractivity contribution in [2.45, 2.75) is 57.0 Å². The normalized spacial score (nSPS) is 18.2. The molecule has 2 aliphatic heterocycles. The molecule has 1 aromatic heterocycles. The minimum absolute atomic E-state index is 0.0899. The van der Waals surface area contributed by atoms with Crippen molar-refractivity contribution in [3.8, 4) is 28.2 Å². The van der Waals surface area contributed by atoms with Crippen LogP contribution in [0.4, 0.5) is 0 Å². The molecule has 3 aromatic rings. The Morgan fingerprint density at radius 3 is 2.24 bits per heavy atom. The van der Waals surface area contributed by atoms with Gasteiger partial charge >= 0.3 is 35.1 Å². The number of carboxylic acids is 1. The maximum atomic E-state index is 13.1. The van der Waals surface area contributed by atoms with Crippen molar-refractivity contribution in [2.75, 3.05) is 19.7 Å². The van der Waals surface area contributed by atoms with Crippen LogP contribution in [0.2, 0.25) is 0 Å². The Morgan fingerprint density at radius 2 is 1.55 bits per heavy atom. The number of aromatic carboxylic acids is 1. The van der Waals surface area contributed by atoms with Crippen molar-refractivity contribution in [2.24, 2.45) is 0 Å². The summed E-state index contributed by atoms with van der Waals surface area (Å²) in [5, 5.41) is 36.5. The van der Waals surface area contributed by atoms with Crippen molar-refractivity contribution in [1.29, 1.82) is 0 Å². The average molecular weight is 983 g/mol. The summed E-state index contributed by atoms with van der Waals surface area (Å²) in [4.78, 5) is 114. The van der Waals surface area contributed by atoms with Crippen LogP contribution in [0, 0.1) is 0 Å². The number of aromatic hydroxyl groups is 1. The van der Waals surface area contributed by atoms with E-state index in [1.54, 1.807) is 6.07 Å². The number of unbranched alkanes of at least 4 members (excludes halogenated alkanes) is 3. The highest BCUT2D eigenvalue weighted by Gasteiger charge is 2.43. The Morgan fingerprint density at radius 1 is 0.848 bits per heavy atom. The number of nitrogens with one attached hydrogen (secondary N) is 3. The maximum Gasteiger partial charge on any atom is 0.490 e. The number of benzene rings is 3. The fourth-order valence-corrected chi connectivity index (χ4v) is 10.0. The number of carboxylic acid groups (broad SMARTS) is 1. The zero-order valence-electron chi connectivity index (χ0n) is 34.0. The molecule has 1 aliphatic carbocycles. The number of aromatic nitrogens is 2. The number of phosphoric ester groups is 1. The molecule has 10 N–H and O–H groups in total. The zero-order valence-corrected chi connectivity index (χ0v) is 36.7. The van der Waals surface area contributed by atoms with Crippen LogP contribution in [-0.2, 0) is 42.8 Å². The number of phosphoric acid groups is 3. The molecular weight excluding hydrogens is 941 g/mol. The van der Waals surface area contributed by atoms with Crippen molar-refractivity contribution < 1.29 is 85.3 Å². The molecule has 25 nitrogen and oxygen atoms in total. The number of aliphatic hydroxyl groups excluding tert-OH is 1. The quantitative estimate of drug-likeness (QED) is 0.0304. The Hall–Kier alpha value is -5.65. The molecule has 3 aliphatic rings. The van der Waals surface area contributed by atoms with Crippen LogP contribution >= 0.6 is 23.5 Å². The van der Waals surface area contributed by atoms with E-state index in [-0.39, 0.29) is 64.3 Å². The van der Waals surface area contributed by atoms with Crippen LogP contribution in [0.3, 0.4) is 0 Å². The second-order valence-electron chi connectivity index (χ2n) is 14.7. The van der Waals surface area contributed by atoms with Crippen LogP contribution in [0.25, 0.3) is 33.4 Å². The summed E-state index contributed by atoms with van der Waals surface area (Å²) >= 11 is 0. The van der Waals surface area contributed by atoms with E-state index in [2.05, 4.69) is 23.8 Å². The van der Waals surface area contributed by atoms with Crippen molar-refractivity contribution >= 4 is 52.2 Å². The lowest BCUT2D eigenvalue weighted by Crippen LogP contribution is -2.36. The van der Waals surface area contributed by atoms with Gasteiger partial charge in [0.15, 0.2) is 5.43 Å². The number of rotatable bonds is 20. The molecule has 5 atom stereocenters. The average Bonchev–Trinajstić information content (AvgIpc) is 3.58. The first-order valence-electron chi connectivity index (χ1n) is 19.6. The smallest absolute Gasteiger partial charge is 0.490 e. The molecule has 3 heterocycles. The fourth-order valence-electron chi connectivity index (χ4n) is 6.97. The summed E-state index contributed by atoms with van der Waals surface area (Å²) in [7, 11) is -17.0. The number of nitrogens with zero attached hydrogens (tertiary/aromatic N) is 1. The third-order valence-electron chi connectivity index (χ3n) is 9.89. The number of carbonyl (C=O) groups is 3. The molecule has 6 rings (SSSR count). The van der Waals surface area contributed by atoms with E-state index in [1.807, 2.05) is 4.98 Å². The van der Waals surface area contributed by atoms with E-state index >= 15 is 0 Å². The second kappa shape index (κ2) is 20.5. The predicted molar refractivity (Wildman–Crippen MR) is 226 cm³/mol. The van der Waals surface area contributed by atoms with Crippen LogP contribution in [-0.4, -0.2) is 94.1 Å². The molecule has 2 aromatic carbocycles. The van der Waals surface area contributed by atoms with Gasteiger partial charge in [0.1, 0.15) is 29.4 Å². The summed E-state index contributed by atoms with van der Waals surface area (Å²) in [5.41, 5.74) is -1.13. The Bertz CT molecular complexity index is 2960. The van der Waals surface area contributed by atoms with Gasteiger partial charge in [-0.1, -0.05) is 18.9 Å². The summed E-state index contributed by atoms with van der Waals surface area (Å²) in [5.74, 6) is -2.32. The third-order valence-corrected chi connectivity index (χ3v) is 13.7. The zero-order chi connectivity index (χ0) is 48.1. The van der Waals surface area contributed by atoms with Crippen molar-refractivity contribution in [1.82, 2.24) is 20.2 Å². The molecule has 1 fully saturated rings. The number of ether oxygens (including phenoxy) is 1. The van der Waals surface area contributed by atoms with Gasteiger partial charge in [-0.05, 0) is 54.8 Å². The van der Waals surface area contributed by atoms with E-state index in [4.69, 9.17) is 18.9 Å². The Balaban J connectivity index is 0.953. The molecule has 354 valence electrons. The number of fused-ring (bicyclic) bond motifs is 2. The minimum atomic E-state index is -5.80. The van der Waals surface area contributed by atoms with Gasteiger partial charge in [0.25, 0.3) is 11.5 Å². The first-order chi connectivity index (χ1) is 31.0. The number of aliphatic hydroxyl groups is 1. The molecular formula is C38H41N4O21P3. The number of phenols is 1. The van der Waals surface area contributed by atoms with Crippen molar-refractivity contribution in [3.05, 3.63) is 109 Å².